The quantitative estimate of drug-likeness (QED) is 0.639. The van der Waals surface area contributed by atoms with Crippen LogP contribution in [0.4, 0.5) is 13.6 Å². The number of amides is 4. The summed E-state index contributed by atoms with van der Waals surface area (Å²) in [4.78, 5) is 49.3. The van der Waals surface area contributed by atoms with Gasteiger partial charge in [-0.25, -0.2) is 8.78 Å². The van der Waals surface area contributed by atoms with Crippen molar-refractivity contribution in [3.63, 3.8) is 0 Å². The highest BCUT2D eigenvalue weighted by molar-refractivity contribution is 8.18. The normalized spacial score (nSPS) is 14.8. The molecule has 0 radical (unpaired) electrons. The zero-order chi connectivity index (χ0) is 22.4. The molecule has 0 aliphatic carbocycles. The zero-order valence-corrected chi connectivity index (χ0v) is 16.9. The van der Waals surface area contributed by atoms with Gasteiger partial charge < -0.3 is 10.6 Å². The van der Waals surface area contributed by atoms with Crippen LogP contribution in [0.25, 0.3) is 6.08 Å². The Morgan fingerprint density at radius 2 is 1.71 bits per heavy atom. The van der Waals surface area contributed by atoms with E-state index in [-0.39, 0.29) is 35.7 Å². The van der Waals surface area contributed by atoms with Crippen molar-refractivity contribution in [1.82, 2.24) is 15.5 Å². The van der Waals surface area contributed by atoms with Gasteiger partial charge in [0.25, 0.3) is 17.1 Å². The fraction of sp³-hybridized carbons (Fsp3) is 0.143. The molecule has 0 unspecified atom stereocenters. The number of halogens is 2. The second-order valence-electron chi connectivity index (χ2n) is 6.39. The Bertz CT molecular complexity index is 1060. The first kappa shape index (κ1) is 22.2. The van der Waals surface area contributed by atoms with Crippen LogP contribution in [0.3, 0.4) is 0 Å². The minimum absolute atomic E-state index is 0.0176. The molecule has 0 atom stereocenters. The molecule has 0 saturated carbocycles. The Balaban J connectivity index is 1.46. The molecule has 0 spiro atoms. The zero-order valence-electron chi connectivity index (χ0n) is 16.1. The van der Waals surface area contributed by atoms with Crippen molar-refractivity contribution in [2.45, 2.75) is 0 Å². The van der Waals surface area contributed by atoms with Gasteiger partial charge in [-0.2, -0.15) is 0 Å². The molecule has 2 aromatic carbocycles. The largest absolute Gasteiger partial charge is 0.353 e. The molecule has 7 nitrogen and oxygen atoms in total. The van der Waals surface area contributed by atoms with E-state index in [1.165, 1.54) is 36.4 Å². The van der Waals surface area contributed by atoms with Crippen LogP contribution in [0.1, 0.15) is 15.9 Å². The van der Waals surface area contributed by atoms with Gasteiger partial charge in [-0.15, -0.1) is 0 Å². The Morgan fingerprint density at radius 3 is 2.42 bits per heavy atom. The maximum absolute atomic E-state index is 13.8. The molecule has 1 heterocycles. The third-order valence-corrected chi connectivity index (χ3v) is 5.15. The average molecular weight is 445 g/mol. The number of nitrogens with one attached hydrogen (secondary N) is 2. The third kappa shape index (κ3) is 5.76. The molecule has 10 heteroatoms. The van der Waals surface area contributed by atoms with Gasteiger partial charge in [0.05, 0.1) is 11.4 Å². The van der Waals surface area contributed by atoms with Gasteiger partial charge in [-0.3, -0.25) is 24.1 Å². The highest BCUT2D eigenvalue weighted by Crippen LogP contribution is 2.32. The number of rotatable bonds is 7. The summed E-state index contributed by atoms with van der Waals surface area (Å²) in [5, 5.41) is 4.35. The number of thioether (sulfide) groups is 1. The molecule has 1 aliphatic heterocycles. The number of carbonyl (C=O) groups excluding carboxylic acids is 4. The monoisotopic (exact) mass is 445 g/mol. The molecule has 1 fully saturated rings. The first-order valence-corrected chi connectivity index (χ1v) is 9.97. The van der Waals surface area contributed by atoms with Crippen molar-refractivity contribution in [1.29, 1.82) is 0 Å². The fourth-order valence-electron chi connectivity index (χ4n) is 2.66. The van der Waals surface area contributed by atoms with E-state index in [4.69, 9.17) is 0 Å². The summed E-state index contributed by atoms with van der Waals surface area (Å²) in [7, 11) is 0. The van der Waals surface area contributed by atoms with Gasteiger partial charge in [0, 0.05) is 24.2 Å². The van der Waals surface area contributed by atoms with E-state index in [0.29, 0.717) is 11.8 Å². The summed E-state index contributed by atoms with van der Waals surface area (Å²) in [6, 6.07) is 10.7. The van der Waals surface area contributed by atoms with Crippen LogP contribution in [0.2, 0.25) is 0 Å². The molecular weight excluding hydrogens is 428 g/mol. The molecule has 31 heavy (non-hydrogen) atoms. The van der Waals surface area contributed by atoms with Crippen LogP contribution >= 0.6 is 11.8 Å². The number of nitrogens with zero attached hydrogens (tertiary/aromatic N) is 1. The van der Waals surface area contributed by atoms with Gasteiger partial charge in [-0.05, 0) is 48.2 Å². The topological polar surface area (TPSA) is 95.6 Å². The van der Waals surface area contributed by atoms with Gasteiger partial charge in [0.2, 0.25) is 5.91 Å². The molecule has 2 N–H and O–H groups in total. The van der Waals surface area contributed by atoms with Crippen LogP contribution in [0.5, 0.6) is 0 Å². The Labute approximate surface area is 180 Å². The number of hydrogen-bond acceptors (Lipinski definition) is 5. The van der Waals surface area contributed by atoms with E-state index in [1.54, 1.807) is 6.07 Å². The van der Waals surface area contributed by atoms with Gasteiger partial charge in [0.15, 0.2) is 0 Å². The summed E-state index contributed by atoms with van der Waals surface area (Å²) < 4.78 is 26.6. The van der Waals surface area contributed by atoms with Crippen LogP contribution < -0.4 is 10.6 Å². The van der Waals surface area contributed by atoms with Gasteiger partial charge in [0.1, 0.15) is 11.6 Å². The van der Waals surface area contributed by atoms with Crippen LogP contribution in [0, 0.1) is 11.6 Å². The lowest BCUT2D eigenvalue weighted by molar-refractivity contribution is -0.124. The van der Waals surface area contributed by atoms with Crippen molar-refractivity contribution in [2.75, 3.05) is 19.6 Å². The standard InChI is InChI=1S/C21H17F2N3O4S/c22-15-7-5-13(6-8-15)19(28)25-12-18(27)24-9-10-26-20(29)17(31-21(26)30)11-14-3-1-2-4-16(14)23/h1-8,11H,9-10,12H2,(H,24,27)(H,25,28)/b17-11-. The highest BCUT2D eigenvalue weighted by Gasteiger charge is 2.34. The number of benzene rings is 2. The van der Waals surface area contributed by atoms with E-state index in [9.17, 15) is 28.0 Å². The maximum Gasteiger partial charge on any atom is 0.293 e. The second kappa shape index (κ2) is 9.98. The lowest BCUT2D eigenvalue weighted by atomic mass is 10.2. The van der Waals surface area contributed by atoms with Gasteiger partial charge in [-0.1, -0.05) is 18.2 Å². The van der Waals surface area contributed by atoms with Crippen molar-refractivity contribution in [3.8, 4) is 0 Å². The van der Waals surface area contributed by atoms with E-state index in [1.807, 2.05) is 0 Å². The van der Waals surface area contributed by atoms with E-state index >= 15 is 0 Å². The summed E-state index contributed by atoms with van der Waals surface area (Å²) in [5.41, 5.74) is 0.395. The molecular formula is C21H17F2N3O4S. The van der Waals surface area contributed by atoms with Crippen molar-refractivity contribution in [3.05, 3.63) is 76.2 Å². The smallest absolute Gasteiger partial charge is 0.293 e. The molecule has 0 bridgehead atoms. The Morgan fingerprint density at radius 1 is 1.00 bits per heavy atom. The molecule has 3 rings (SSSR count). The highest BCUT2D eigenvalue weighted by atomic mass is 32.2. The first-order chi connectivity index (χ1) is 14.8. The van der Waals surface area contributed by atoms with E-state index in [2.05, 4.69) is 10.6 Å². The Kier molecular flexibility index (Phi) is 7.14. The van der Waals surface area contributed by atoms with Crippen LogP contribution in [-0.4, -0.2) is 47.5 Å². The van der Waals surface area contributed by atoms with Crippen molar-refractivity contribution in [2.24, 2.45) is 0 Å². The van der Waals surface area contributed by atoms with Crippen LogP contribution in [-0.2, 0) is 9.59 Å². The first-order valence-electron chi connectivity index (χ1n) is 9.15. The molecule has 160 valence electrons. The lowest BCUT2D eigenvalue weighted by Gasteiger charge is -2.13. The van der Waals surface area contributed by atoms with E-state index < -0.39 is 34.6 Å². The summed E-state index contributed by atoms with van der Waals surface area (Å²) in [6.45, 7) is -0.418. The van der Waals surface area contributed by atoms with E-state index in [0.717, 1.165) is 17.0 Å². The SMILES string of the molecule is O=C(CNC(=O)c1ccc(F)cc1)NCCN1C(=O)S/C(=C\c2ccccc2F)C1=O. The van der Waals surface area contributed by atoms with Crippen molar-refractivity contribution < 1.29 is 28.0 Å². The Hall–Kier alpha value is -3.53. The minimum Gasteiger partial charge on any atom is -0.353 e. The second-order valence-corrected chi connectivity index (χ2v) is 7.39. The summed E-state index contributed by atoms with van der Waals surface area (Å²) in [6.07, 6.45) is 1.31. The predicted molar refractivity (Wildman–Crippen MR) is 111 cm³/mol. The number of imide groups is 1. The average Bonchev–Trinajstić information content (AvgIpc) is 3.01. The number of carbonyl (C=O) groups is 4. The van der Waals surface area contributed by atoms with Gasteiger partial charge >= 0.3 is 0 Å². The molecule has 1 aliphatic rings. The summed E-state index contributed by atoms with van der Waals surface area (Å²) >= 11 is 0.692. The summed E-state index contributed by atoms with van der Waals surface area (Å²) in [5.74, 6) is -2.63. The number of hydrogen-bond donors (Lipinski definition) is 2. The van der Waals surface area contributed by atoms with Crippen molar-refractivity contribution >= 4 is 40.8 Å². The third-order valence-electron chi connectivity index (χ3n) is 4.24. The van der Waals surface area contributed by atoms with Crippen LogP contribution in [0.15, 0.2) is 53.4 Å². The molecule has 2 aromatic rings. The fourth-order valence-corrected chi connectivity index (χ4v) is 3.52. The molecule has 1 saturated heterocycles. The minimum atomic E-state index is -0.572. The lowest BCUT2D eigenvalue weighted by Crippen LogP contribution is -2.41. The molecule has 0 aromatic heterocycles. The molecule has 4 amide bonds. The predicted octanol–water partition coefficient (Wildman–Crippen LogP) is 2.55. The maximum atomic E-state index is 13.8.